The van der Waals surface area contributed by atoms with Crippen LogP contribution >= 0.6 is 0 Å². The van der Waals surface area contributed by atoms with E-state index in [-0.39, 0.29) is 12.2 Å². The molecule has 1 heterocycles. The van der Waals surface area contributed by atoms with Crippen LogP contribution in [0.25, 0.3) is 0 Å². The summed E-state index contributed by atoms with van der Waals surface area (Å²) in [6, 6.07) is 0. The Morgan fingerprint density at radius 1 is 1.37 bits per heavy atom. The van der Waals surface area contributed by atoms with Crippen molar-refractivity contribution in [3.05, 3.63) is 0 Å². The molecule has 19 heavy (non-hydrogen) atoms. The third-order valence-corrected chi connectivity index (χ3v) is 3.24. The van der Waals surface area contributed by atoms with Gasteiger partial charge in [0.15, 0.2) is 0 Å². The predicted octanol–water partition coefficient (Wildman–Crippen LogP) is 2.17. The van der Waals surface area contributed by atoms with E-state index >= 15 is 0 Å². The topological polar surface area (TPSA) is 59.0 Å². The average molecular weight is 273 g/mol. The zero-order valence-electron chi connectivity index (χ0n) is 12.9. The van der Waals surface area contributed by atoms with E-state index < -0.39 is 17.3 Å². The van der Waals surface area contributed by atoms with Gasteiger partial charge in [0.25, 0.3) is 0 Å². The van der Waals surface area contributed by atoms with Crippen LogP contribution in [0.4, 0.5) is 4.79 Å². The van der Waals surface area contributed by atoms with Gasteiger partial charge in [-0.25, -0.2) is 4.79 Å². The predicted molar refractivity (Wildman–Crippen MR) is 73.1 cm³/mol. The Kier molecular flexibility index (Phi) is 4.85. The molecule has 3 unspecified atom stereocenters. The van der Waals surface area contributed by atoms with Gasteiger partial charge in [0.05, 0.1) is 24.4 Å². The van der Waals surface area contributed by atoms with Crippen LogP contribution in [0.5, 0.6) is 0 Å². The van der Waals surface area contributed by atoms with Crippen molar-refractivity contribution in [1.29, 1.82) is 0 Å². The Labute approximate surface area is 115 Å². The lowest BCUT2D eigenvalue weighted by Gasteiger charge is -2.30. The number of amides is 1. The van der Waals surface area contributed by atoms with Crippen LogP contribution in [0.15, 0.2) is 0 Å². The summed E-state index contributed by atoms with van der Waals surface area (Å²) in [7, 11) is 0. The Balaban J connectivity index is 2.55. The Morgan fingerprint density at radius 3 is 2.42 bits per heavy atom. The molecule has 1 saturated heterocycles. The molecule has 1 amide bonds. The number of ether oxygens (including phenoxy) is 2. The third-order valence-electron chi connectivity index (χ3n) is 3.24. The number of hydrogen-bond donors (Lipinski definition) is 1. The van der Waals surface area contributed by atoms with Crippen molar-refractivity contribution in [2.24, 2.45) is 0 Å². The summed E-state index contributed by atoms with van der Waals surface area (Å²) in [5.74, 6) is 0. The quantitative estimate of drug-likeness (QED) is 0.856. The fourth-order valence-electron chi connectivity index (χ4n) is 2.06. The molecular formula is C14H27NO4. The molecule has 0 spiro atoms. The minimum Gasteiger partial charge on any atom is -0.444 e. The lowest BCUT2D eigenvalue weighted by Crippen LogP contribution is -2.42. The fraction of sp³-hybridized carbons (Fsp3) is 0.929. The molecule has 1 fully saturated rings. The molecule has 1 rings (SSSR count). The SMILES string of the molecule is CC(O)C(C)OC1(C)CCN(C(=O)OC(C)(C)C)C1. The van der Waals surface area contributed by atoms with Gasteiger partial charge in [-0.1, -0.05) is 0 Å². The van der Waals surface area contributed by atoms with Gasteiger partial charge < -0.3 is 19.5 Å². The van der Waals surface area contributed by atoms with Crippen LogP contribution in [0.2, 0.25) is 0 Å². The second-order valence-corrected chi connectivity index (χ2v) is 6.67. The van der Waals surface area contributed by atoms with Crippen LogP contribution in [0, 0.1) is 0 Å². The molecule has 1 aliphatic rings. The molecule has 0 saturated carbocycles. The number of hydrogen-bond acceptors (Lipinski definition) is 4. The van der Waals surface area contributed by atoms with Gasteiger partial charge in [-0.3, -0.25) is 0 Å². The van der Waals surface area contributed by atoms with Gasteiger partial charge in [0.2, 0.25) is 0 Å². The number of aliphatic hydroxyl groups is 1. The maximum Gasteiger partial charge on any atom is 0.410 e. The summed E-state index contributed by atoms with van der Waals surface area (Å²) in [6.07, 6.45) is -0.316. The van der Waals surface area contributed by atoms with Crippen molar-refractivity contribution in [2.75, 3.05) is 13.1 Å². The third kappa shape index (κ3) is 4.99. The summed E-state index contributed by atoms with van der Waals surface area (Å²) >= 11 is 0. The molecule has 112 valence electrons. The number of rotatable bonds is 3. The minimum absolute atomic E-state index is 0.247. The lowest BCUT2D eigenvalue weighted by molar-refractivity contribution is -0.108. The van der Waals surface area contributed by atoms with Crippen molar-refractivity contribution >= 4 is 6.09 Å². The molecule has 0 bridgehead atoms. The average Bonchev–Trinajstić information content (AvgIpc) is 2.58. The standard InChI is InChI=1S/C14H27NO4/c1-10(16)11(2)18-14(6)7-8-15(9-14)12(17)19-13(3,4)5/h10-11,16H,7-9H2,1-6H3. The number of aliphatic hydroxyl groups excluding tert-OH is 1. The van der Waals surface area contributed by atoms with Crippen LogP contribution in [-0.4, -0.2) is 52.6 Å². The maximum absolute atomic E-state index is 12.0. The molecule has 0 aromatic heterocycles. The molecule has 3 atom stereocenters. The first-order valence-corrected chi connectivity index (χ1v) is 6.86. The van der Waals surface area contributed by atoms with Crippen LogP contribution in [0.1, 0.15) is 48.0 Å². The Morgan fingerprint density at radius 2 is 1.95 bits per heavy atom. The molecule has 5 heteroatoms. The van der Waals surface area contributed by atoms with Gasteiger partial charge >= 0.3 is 6.09 Å². The van der Waals surface area contributed by atoms with Crippen molar-refractivity contribution < 1.29 is 19.4 Å². The summed E-state index contributed by atoms with van der Waals surface area (Å²) in [5.41, 5.74) is -0.892. The van der Waals surface area contributed by atoms with Crippen LogP contribution < -0.4 is 0 Å². The summed E-state index contributed by atoms with van der Waals surface area (Å²) < 4.78 is 11.2. The van der Waals surface area contributed by atoms with Gasteiger partial charge in [-0.2, -0.15) is 0 Å². The van der Waals surface area contributed by atoms with E-state index in [2.05, 4.69) is 0 Å². The van der Waals surface area contributed by atoms with Crippen molar-refractivity contribution in [1.82, 2.24) is 4.90 Å². The number of carbonyl (C=O) groups excluding carboxylic acids is 1. The molecular weight excluding hydrogens is 246 g/mol. The molecule has 0 radical (unpaired) electrons. The highest BCUT2D eigenvalue weighted by Gasteiger charge is 2.40. The first-order chi connectivity index (χ1) is 8.52. The van der Waals surface area contributed by atoms with E-state index in [1.165, 1.54) is 0 Å². The first kappa shape index (κ1) is 16.2. The molecule has 0 aromatic carbocycles. The monoisotopic (exact) mass is 273 g/mol. The number of nitrogens with zero attached hydrogens (tertiary/aromatic N) is 1. The van der Waals surface area contributed by atoms with E-state index in [9.17, 15) is 9.90 Å². The van der Waals surface area contributed by atoms with E-state index in [0.29, 0.717) is 13.1 Å². The number of likely N-dealkylation sites (tertiary alicyclic amines) is 1. The van der Waals surface area contributed by atoms with E-state index in [1.54, 1.807) is 11.8 Å². The molecule has 5 nitrogen and oxygen atoms in total. The normalized spacial score (nSPS) is 27.2. The van der Waals surface area contributed by atoms with Crippen molar-refractivity contribution in [3.63, 3.8) is 0 Å². The summed E-state index contributed by atoms with van der Waals surface area (Å²) in [6.45, 7) is 12.2. The molecule has 1 N–H and O–H groups in total. The van der Waals surface area contributed by atoms with Crippen molar-refractivity contribution in [3.8, 4) is 0 Å². The van der Waals surface area contributed by atoms with Gasteiger partial charge in [-0.05, 0) is 48.0 Å². The number of carbonyl (C=O) groups is 1. The molecule has 0 aliphatic carbocycles. The van der Waals surface area contributed by atoms with Crippen LogP contribution in [0.3, 0.4) is 0 Å². The maximum atomic E-state index is 12.0. The zero-order chi connectivity index (χ0) is 14.8. The Bertz CT molecular complexity index is 324. The highest BCUT2D eigenvalue weighted by Crippen LogP contribution is 2.28. The fourth-order valence-corrected chi connectivity index (χ4v) is 2.06. The first-order valence-electron chi connectivity index (χ1n) is 6.86. The smallest absolute Gasteiger partial charge is 0.410 e. The minimum atomic E-state index is -0.521. The van der Waals surface area contributed by atoms with E-state index in [1.807, 2.05) is 34.6 Å². The van der Waals surface area contributed by atoms with Gasteiger partial charge in [-0.15, -0.1) is 0 Å². The van der Waals surface area contributed by atoms with E-state index in [0.717, 1.165) is 6.42 Å². The van der Waals surface area contributed by atoms with Gasteiger partial charge in [0.1, 0.15) is 5.60 Å². The largest absolute Gasteiger partial charge is 0.444 e. The highest BCUT2D eigenvalue weighted by atomic mass is 16.6. The zero-order valence-corrected chi connectivity index (χ0v) is 12.9. The van der Waals surface area contributed by atoms with Crippen LogP contribution in [-0.2, 0) is 9.47 Å². The Hall–Kier alpha value is -0.810. The van der Waals surface area contributed by atoms with E-state index in [4.69, 9.17) is 9.47 Å². The molecule has 0 aromatic rings. The lowest BCUT2D eigenvalue weighted by atomic mass is 10.1. The second kappa shape index (κ2) is 5.67. The van der Waals surface area contributed by atoms with Crippen molar-refractivity contribution in [2.45, 2.75) is 71.4 Å². The highest BCUT2D eigenvalue weighted by molar-refractivity contribution is 5.68. The summed E-state index contributed by atoms with van der Waals surface area (Å²) in [5, 5.41) is 9.49. The molecule has 1 aliphatic heterocycles. The van der Waals surface area contributed by atoms with Gasteiger partial charge in [0, 0.05) is 6.54 Å². The summed E-state index contributed by atoms with van der Waals surface area (Å²) in [4.78, 5) is 13.6. The second-order valence-electron chi connectivity index (χ2n) is 6.67.